The summed E-state index contributed by atoms with van der Waals surface area (Å²) in [6.45, 7) is 5.39. The fourth-order valence-electron chi connectivity index (χ4n) is 3.42. The van der Waals surface area contributed by atoms with Gasteiger partial charge in [0.2, 0.25) is 5.91 Å². The number of aromatic nitrogens is 3. The molecule has 2 aromatic heterocycles. The van der Waals surface area contributed by atoms with E-state index in [1.54, 1.807) is 24.3 Å². The molecular weight excluding hydrogens is 454 g/mol. The number of hydrogen-bond acceptors (Lipinski definition) is 7. The van der Waals surface area contributed by atoms with Gasteiger partial charge >= 0.3 is 0 Å². The highest BCUT2D eigenvalue weighted by atomic mass is 16.5. The summed E-state index contributed by atoms with van der Waals surface area (Å²) in [5.41, 5.74) is 1.20. The van der Waals surface area contributed by atoms with Crippen LogP contribution in [0.5, 0.6) is 5.75 Å². The molecule has 0 unspecified atom stereocenters. The molecule has 12 heteroatoms. The van der Waals surface area contributed by atoms with Crippen molar-refractivity contribution in [3.05, 3.63) is 53.5 Å². The zero-order valence-corrected chi connectivity index (χ0v) is 19.5. The average Bonchev–Trinajstić information content (AvgIpc) is 3.27. The van der Waals surface area contributed by atoms with Crippen molar-refractivity contribution >= 4 is 35.0 Å². The summed E-state index contributed by atoms with van der Waals surface area (Å²) in [5.74, 6) is -1.13. The third-order valence-electron chi connectivity index (χ3n) is 4.88. The Hall–Kier alpha value is -4.48. The van der Waals surface area contributed by atoms with E-state index in [-0.39, 0.29) is 42.9 Å². The largest absolute Gasteiger partial charge is 0.482 e. The number of ether oxygens (including phenoxy) is 1. The van der Waals surface area contributed by atoms with Gasteiger partial charge in [0.1, 0.15) is 17.1 Å². The van der Waals surface area contributed by atoms with Crippen molar-refractivity contribution in [3.63, 3.8) is 0 Å². The van der Waals surface area contributed by atoms with Crippen LogP contribution in [0.4, 0.5) is 5.69 Å². The number of hydrogen-bond donors (Lipinski definition) is 4. The number of rotatable bonds is 6. The van der Waals surface area contributed by atoms with E-state index in [4.69, 9.17) is 4.74 Å². The van der Waals surface area contributed by atoms with Gasteiger partial charge in [-0.25, -0.2) is 9.50 Å². The monoisotopic (exact) mass is 479 g/mol. The van der Waals surface area contributed by atoms with E-state index in [2.05, 4.69) is 31.3 Å². The number of carbonyl (C=O) groups is 4. The third-order valence-corrected chi connectivity index (χ3v) is 4.88. The topological polar surface area (TPSA) is 156 Å². The lowest BCUT2D eigenvalue weighted by molar-refractivity contribution is -0.121. The normalized spacial score (nSPS) is 12.8. The lowest BCUT2D eigenvalue weighted by atomic mass is 10.1. The molecule has 4 amide bonds. The number of anilines is 1. The molecule has 1 aliphatic rings. The fourth-order valence-corrected chi connectivity index (χ4v) is 3.42. The summed E-state index contributed by atoms with van der Waals surface area (Å²) >= 11 is 0. The molecule has 4 N–H and O–H groups in total. The summed E-state index contributed by atoms with van der Waals surface area (Å²) in [5, 5.41) is 14.9. The molecule has 0 radical (unpaired) electrons. The summed E-state index contributed by atoms with van der Waals surface area (Å²) in [4.78, 5) is 53.5. The number of benzene rings is 1. The first-order chi connectivity index (χ1) is 16.6. The smallest absolute Gasteiger partial charge is 0.270 e. The molecule has 12 nitrogen and oxygen atoms in total. The lowest BCUT2D eigenvalue weighted by Crippen LogP contribution is -2.46. The van der Waals surface area contributed by atoms with Gasteiger partial charge in [0.05, 0.1) is 18.4 Å². The van der Waals surface area contributed by atoms with Gasteiger partial charge in [0, 0.05) is 24.2 Å². The Balaban J connectivity index is 1.46. The number of fused-ring (bicyclic) bond motifs is 2. The van der Waals surface area contributed by atoms with Gasteiger partial charge in [-0.05, 0) is 38.5 Å². The van der Waals surface area contributed by atoms with Crippen LogP contribution in [-0.2, 0) is 16.1 Å². The number of carbonyl (C=O) groups excluding carboxylic acids is 4. The highest BCUT2D eigenvalue weighted by molar-refractivity contribution is 5.99. The van der Waals surface area contributed by atoms with Crippen LogP contribution in [0.3, 0.4) is 0 Å². The van der Waals surface area contributed by atoms with E-state index in [1.165, 1.54) is 16.8 Å². The van der Waals surface area contributed by atoms with E-state index in [0.717, 1.165) is 5.56 Å². The molecule has 3 heterocycles. The minimum atomic E-state index is -0.579. The second-order valence-corrected chi connectivity index (χ2v) is 8.96. The zero-order valence-electron chi connectivity index (χ0n) is 19.5. The summed E-state index contributed by atoms with van der Waals surface area (Å²) in [6.07, 6.45) is 1.45. The van der Waals surface area contributed by atoms with Crippen LogP contribution < -0.4 is 26.0 Å². The summed E-state index contributed by atoms with van der Waals surface area (Å²) in [7, 11) is 0. The highest BCUT2D eigenvalue weighted by Crippen LogP contribution is 2.28. The van der Waals surface area contributed by atoms with Crippen molar-refractivity contribution in [2.24, 2.45) is 0 Å². The van der Waals surface area contributed by atoms with Gasteiger partial charge in [0.15, 0.2) is 12.3 Å². The van der Waals surface area contributed by atoms with Gasteiger partial charge in [-0.1, -0.05) is 6.07 Å². The van der Waals surface area contributed by atoms with E-state index >= 15 is 0 Å². The van der Waals surface area contributed by atoms with Crippen LogP contribution in [0.1, 0.15) is 47.3 Å². The summed E-state index contributed by atoms with van der Waals surface area (Å²) < 4.78 is 6.62. The molecule has 0 aliphatic carbocycles. The first-order valence-corrected chi connectivity index (χ1v) is 10.9. The van der Waals surface area contributed by atoms with Crippen molar-refractivity contribution in [2.75, 3.05) is 18.5 Å². The van der Waals surface area contributed by atoms with Crippen LogP contribution in [0.25, 0.3) is 5.65 Å². The molecule has 0 saturated heterocycles. The van der Waals surface area contributed by atoms with Crippen molar-refractivity contribution in [2.45, 2.75) is 32.9 Å². The van der Waals surface area contributed by atoms with Crippen molar-refractivity contribution in [1.29, 1.82) is 0 Å². The maximum absolute atomic E-state index is 12.8. The van der Waals surface area contributed by atoms with Crippen molar-refractivity contribution < 1.29 is 23.9 Å². The lowest BCUT2D eigenvalue weighted by Gasteiger charge is -2.20. The molecule has 3 aromatic rings. The molecule has 0 spiro atoms. The molecular formula is C23H25N7O5. The first-order valence-electron chi connectivity index (χ1n) is 10.9. The van der Waals surface area contributed by atoms with Gasteiger partial charge < -0.3 is 26.0 Å². The quantitative estimate of drug-likeness (QED) is 0.404. The Bertz CT molecular complexity index is 1330. The highest BCUT2D eigenvalue weighted by Gasteiger charge is 2.20. The average molecular weight is 479 g/mol. The number of amides is 4. The molecule has 0 fully saturated rings. The molecule has 1 aliphatic heterocycles. The van der Waals surface area contributed by atoms with Gasteiger partial charge in [-0.15, -0.1) is 0 Å². The Morgan fingerprint density at radius 3 is 2.69 bits per heavy atom. The predicted molar refractivity (Wildman–Crippen MR) is 125 cm³/mol. The fraction of sp³-hybridized carbons (Fsp3) is 0.304. The van der Waals surface area contributed by atoms with E-state index in [1.807, 2.05) is 20.8 Å². The Morgan fingerprint density at radius 2 is 1.91 bits per heavy atom. The molecule has 182 valence electrons. The SMILES string of the molecule is CC(C)(C)NC(=O)CNC(=O)c1cc(C(=O)NCc2ccc3c(c2)NC(=O)CO3)nc2ccnn12. The number of nitrogens with one attached hydrogen (secondary N) is 4. The first kappa shape index (κ1) is 23.7. The summed E-state index contributed by atoms with van der Waals surface area (Å²) in [6, 6.07) is 8.07. The standard InChI is InChI=1S/C23H25N7O5/c1-23(2,3)29-19(31)11-25-22(34)16-9-15(27-18-6-7-26-30(16)18)21(33)24-10-13-4-5-17-14(8-13)28-20(32)12-35-17/h4-9H,10-12H2,1-3H3,(H,24,33)(H,25,34)(H,28,32)(H,29,31). The van der Waals surface area contributed by atoms with Crippen LogP contribution in [0.2, 0.25) is 0 Å². The Kier molecular flexibility index (Phi) is 6.36. The molecule has 0 saturated carbocycles. The van der Waals surface area contributed by atoms with Crippen molar-refractivity contribution in [1.82, 2.24) is 30.5 Å². The predicted octanol–water partition coefficient (Wildman–Crippen LogP) is 0.635. The number of nitrogens with zero attached hydrogens (tertiary/aromatic N) is 3. The minimum absolute atomic E-state index is 0.0110. The van der Waals surface area contributed by atoms with Crippen molar-refractivity contribution in [3.8, 4) is 5.75 Å². The Morgan fingerprint density at radius 1 is 1.11 bits per heavy atom. The minimum Gasteiger partial charge on any atom is -0.482 e. The molecule has 0 bridgehead atoms. The molecule has 1 aromatic carbocycles. The van der Waals surface area contributed by atoms with E-state index in [0.29, 0.717) is 17.1 Å². The van der Waals surface area contributed by atoms with E-state index in [9.17, 15) is 19.2 Å². The second kappa shape index (κ2) is 9.41. The van der Waals surface area contributed by atoms with Crippen LogP contribution in [0, 0.1) is 0 Å². The van der Waals surface area contributed by atoms with Gasteiger partial charge in [-0.2, -0.15) is 5.10 Å². The third kappa shape index (κ3) is 5.72. The van der Waals surface area contributed by atoms with Crippen LogP contribution >= 0.6 is 0 Å². The van der Waals surface area contributed by atoms with Gasteiger partial charge in [-0.3, -0.25) is 19.2 Å². The zero-order chi connectivity index (χ0) is 25.2. The van der Waals surface area contributed by atoms with E-state index < -0.39 is 17.4 Å². The van der Waals surface area contributed by atoms with Crippen LogP contribution in [-0.4, -0.2) is 56.9 Å². The van der Waals surface area contributed by atoms with Crippen LogP contribution in [0.15, 0.2) is 36.5 Å². The second-order valence-electron chi connectivity index (χ2n) is 8.96. The molecule has 35 heavy (non-hydrogen) atoms. The van der Waals surface area contributed by atoms with Gasteiger partial charge in [0.25, 0.3) is 17.7 Å². The maximum Gasteiger partial charge on any atom is 0.270 e. The Labute approximate surface area is 200 Å². The molecule has 4 rings (SSSR count). The molecule has 0 atom stereocenters. The maximum atomic E-state index is 12.8.